The van der Waals surface area contributed by atoms with Crippen LogP contribution in [0.1, 0.15) is 50.7 Å². The summed E-state index contributed by atoms with van der Waals surface area (Å²) in [4.78, 5) is 10.1. The Balaban J connectivity index is 3.24. The number of hydrogen-bond donors (Lipinski definition) is 1. The molecule has 0 spiro atoms. The molecule has 0 bridgehead atoms. The maximum absolute atomic E-state index is 13.2. The van der Waals surface area contributed by atoms with Gasteiger partial charge < -0.3 is 5.32 Å². The molecular weight excluding hydrogens is 266 g/mol. The highest BCUT2D eigenvalue weighted by Crippen LogP contribution is 2.34. The van der Waals surface area contributed by atoms with Crippen molar-refractivity contribution in [3.63, 3.8) is 0 Å². The summed E-state index contributed by atoms with van der Waals surface area (Å²) in [5, 5.41) is 13.9. The van der Waals surface area contributed by atoms with Gasteiger partial charge in [0.1, 0.15) is 0 Å². The second-order valence-corrected chi connectivity index (χ2v) is 4.73. The maximum Gasteiger partial charge on any atom is 0.269 e. The molecule has 0 aliphatic rings. The fraction of sp³-hybridized carbons (Fsp3) is 0.571. The van der Waals surface area contributed by atoms with Crippen molar-refractivity contribution in [1.29, 1.82) is 0 Å². The number of rotatable bonds is 7. The highest BCUT2D eigenvalue weighted by Gasteiger charge is 2.25. The minimum absolute atomic E-state index is 0.0314. The van der Waals surface area contributed by atoms with Gasteiger partial charge in [0.15, 0.2) is 0 Å². The lowest BCUT2D eigenvalue weighted by atomic mass is 9.86. The van der Waals surface area contributed by atoms with Gasteiger partial charge in [0.05, 0.1) is 4.92 Å². The van der Waals surface area contributed by atoms with Crippen LogP contribution in [0.15, 0.2) is 18.2 Å². The van der Waals surface area contributed by atoms with Crippen LogP contribution in [0.4, 0.5) is 14.5 Å². The van der Waals surface area contributed by atoms with Crippen LogP contribution in [0.2, 0.25) is 0 Å². The third kappa shape index (κ3) is 3.72. The minimum atomic E-state index is -2.72. The van der Waals surface area contributed by atoms with Crippen LogP contribution in [0.5, 0.6) is 0 Å². The number of alkyl halides is 2. The lowest BCUT2D eigenvalue weighted by Crippen LogP contribution is -2.32. The van der Waals surface area contributed by atoms with E-state index in [2.05, 4.69) is 5.32 Å². The normalized spacial score (nSPS) is 14.3. The Morgan fingerprint density at radius 1 is 1.30 bits per heavy atom. The lowest BCUT2D eigenvalue weighted by Gasteiger charge is -2.25. The maximum atomic E-state index is 13.2. The number of hydrogen-bond acceptors (Lipinski definition) is 3. The van der Waals surface area contributed by atoms with Gasteiger partial charge in [0, 0.05) is 23.7 Å². The molecule has 1 aromatic rings. The van der Waals surface area contributed by atoms with Crippen LogP contribution in [0.25, 0.3) is 0 Å². The van der Waals surface area contributed by atoms with E-state index in [1.807, 2.05) is 20.8 Å². The Bertz CT molecular complexity index is 466. The molecule has 2 atom stereocenters. The Hall–Kier alpha value is -1.56. The Labute approximate surface area is 117 Å². The van der Waals surface area contributed by atoms with Crippen molar-refractivity contribution in [3.8, 4) is 0 Å². The van der Waals surface area contributed by atoms with Crippen molar-refractivity contribution >= 4 is 5.69 Å². The lowest BCUT2D eigenvalue weighted by molar-refractivity contribution is -0.385. The van der Waals surface area contributed by atoms with Crippen LogP contribution in [-0.4, -0.2) is 17.5 Å². The first-order valence-corrected chi connectivity index (χ1v) is 6.72. The van der Waals surface area contributed by atoms with Gasteiger partial charge in [-0.3, -0.25) is 10.1 Å². The van der Waals surface area contributed by atoms with E-state index in [-0.39, 0.29) is 23.2 Å². The molecule has 1 rings (SSSR count). The van der Waals surface area contributed by atoms with E-state index in [9.17, 15) is 18.9 Å². The summed E-state index contributed by atoms with van der Waals surface area (Å²) in [7, 11) is 0. The van der Waals surface area contributed by atoms with E-state index in [4.69, 9.17) is 0 Å². The van der Waals surface area contributed by atoms with Crippen LogP contribution < -0.4 is 5.32 Å². The third-order valence-electron chi connectivity index (χ3n) is 3.49. The van der Waals surface area contributed by atoms with Crippen molar-refractivity contribution in [3.05, 3.63) is 39.4 Å². The van der Waals surface area contributed by atoms with Gasteiger partial charge in [-0.05, 0) is 31.4 Å². The summed E-state index contributed by atoms with van der Waals surface area (Å²) in [5.41, 5.74) is -0.0487. The molecule has 0 aliphatic carbocycles. The quantitative estimate of drug-likeness (QED) is 0.608. The number of nitrogens with one attached hydrogen (secondary N) is 1. The van der Waals surface area contributed by atoms with Gasteiger partial charge >= 0.3 is 0 Å². The zero-order chi connectivity index (χ0) is 15.3. The van der Waals surface area contributed by atoms with Crippen LogP contribution >= 0.6 is 0 Å². The first-order chi connectivity index (χ1) is 9.42. The van der Waals surface area contributed by atoms with Gasteiger partial charge in [-0.2, -0.15) is 0 Å². The largest absolute Gasteiger partial charge is 0.314 e. The highest BCUT2D eigenvalue weighted by molar-refractivity contribution is 5.42. The molecule has 4 nitrogen and oxygen atoms in total. The summed E-state index contributed by atoms with van der Waals surface area (Å²) >= 11 is 0. The monoisotopic (exact) mass is 286 g/mol. The van der Waals surface area contributed by atoms with E-state index in [1.165, 1.54) is 12.1 Å². The molecule has 0 radical (unpaired) electrons. The molecule has 0 aliphatic heterocycles. The number of nitrogens with zero attached hydrogens (tertiary/aromatic N) is 1. The average molecular weight is 286 g/mol. The fourth-order valence-corrected chi connectivity index (χ4v) is 2.51. The van der Waals surface area contributed by atoms with E-state index < -0.39 is 11.3 Å². The number of nitro benzene ring substituents is 1. The second-order valence-electron chi connectivity index (χ2n) is 4.73. The summed E-state index contributed by atoms with van der Waals surface area (Å²) in [5.74, 6) is -0.0974. The minimum Gasteiger partial charge on any atom is -0.314 e. The standard InChI is InChI=1S/C14H20F2N2O2/c1-4-11(9(3)17-5-2)12-7-6-10(18(19)20)8-13(12)14(15)16/h6-9,11,14,17H,4-5H2,1-3H3. The van der Waals surface area contributed by atoms with E-state index in [0.29, 0.717) is 12.0 Å². The molecule has 20 heavy (non-hydrogen) atoms. The van der Waals surface area contributed by atoms with Gasteiger partial charge in [0.25, 0.3) is 12.1 Å². The third-order valence-corrected chi connectivity index (χ3v) is 3.49. The Kier molecular flexibility index (Phi) is 6.01. The number of benzene rings is 1. The predicted molar refractivity (Wildman–Crippen MR) is 74.2 cm³/mol. The molecule has 112 valence electrons. The molecule has 0 aromatic heterocycles. The first kappa shape index (κ1) is 16.5. The van der Waals surface area contributed by atoms with E-state index in [0.717, 1.165) is 12.6 Å². The number of halogens is 2. The summed E-state index contributed by atoms with van der Waals surface area (Å²) in [6.07, 6.45) is -2.03. The average Bonchev–Trinajstić information content (AvgIpc) is 2.39. The van der Waals surface area contributed by atoms with Crippen molar-refractivity contribution in [2.75, 3.05) is 6.54 Å². The SMILES string of the molecule is CCNC(C)C(CC)c1ccc([N+](=O)[O-])cc1C(F)F. The van der Waals surface area contributed by atoms with Crippen LogP contribution in [0, 0.1) is 10.1 Å². The molecule has 0 saturated carbocycles. The van der Waals surface area contributed by atoms with Crippen LogP contribution in [-0.2, 0) is 0 Å². The Morgan fingerprint density at radius 2 is 1.95 bits per heavy atom. The molecule has 0 fully saturated rings. The topological polar surface area (TPSA) is 55.2 Å². The number of non-ortho nitro benzene ring substituents is 1. The predicted octanol–water partition coefficient (Wildman–Crippen LogP) is 4.02. The Morgan fingerprint density at radius 3 is 2.40 bits per heavy atom. The van der Waals surface area contributed by atoms with Crippen molar-refractivity contribution in [2.45, 2.75) is 45.6 Å². The second kappa shape index (κ2) is 7.28. The highest BCUT2D eigenvalue weighted by atomic mass is 19.3. The van der Waals surface area contributed by atoms with E-state index >= 15 is 0 Å². The van der Waals surface area contributed by atoms with Gasteiger partial charge in [0.2, 0.25) is 0 Å². The van der Waals surface area contributed by atoms with Crippen molar-refractivity contribution in [1.82, 2.24) is 5.32 Å². The van der Waals surface area contributed by atoms with Crippen molar-refractivity contribution < 1.29 is 13.7 Å². The smallest absolute Gasteiger partial charge is 0.269 e. The number of likely N-dealkylation sites (N-methyl/N-ethyl adjacent to an activating group) is 1. The van der Waals surface area contributed by atoms with Crippen molar-refractivity contribution in [2.24, 2.45) is 0 Å². The van der Waals surface area contributed by atoms with Gasteiger partial charge in [-0.25, -0.2) is 8.78 Å². The first-order valence-electron chi connectivity index (χ1n) is 6.72. The molecule has 0 heterocycles. The molecule has 6 heteroatoms. The fourth-order valence-electron chi connectivity index (χ4n) is 2.51. The van der Waals surface area contributed by atoms with E-state index in [1.54, 1.807) is 0 Å². The molecule has 0 amide bonds. The molecular formula is C14H20F2N2O2. The molecule has 2 unspecified atom stereocenters. The summed E-state index contributed by atoms with van der Waals surface area (Å²) in [6.45, 7) is 6.56. The van der Waals surface area contributed by atoms with Gasteiger partial charge in [-0.15, -0.1) is 0 Å². The molecule has 1 N–H and O–H groups in total. The van der Waals surface area contributed by atoms with Gasteiger partial charge in [-0.1, -0.05) is 19.9 Å². The zero-order valence-corrected chi connectivity index (χ0v) is 11.9. The zero-order valence-electron chi connectivity index (χ0n) is 11.9. The summed E-state index contributed by atoms with van der Waals surface area (Å²) in [6, 6.07) is 3.77. The molecule has 1 aromatic carbocycles. The number of nitro groups is 1. The van der Waals surface area contributed by atoms with Crippen LogP contribution in [0.3, 0.4) is 0 Å². The molecule has 0 saturated heterocycles. The summed E-state index contributed by atoms with van der Waals surface area (Å²) < 4.78 is 26.3.